The summed E-state index contributed by atoms with van der Waals surface area (Å²) in [5.74, 6) is -3.39. The number of hydrogen-bond acceptors (Lipinski definition) is 21. The van der Waals surface area contributed by atoms with Gasteiger partial charge in [0.2, 0.25) is 5.91 Å². The molecule has 0 bridgehead atoms. The van der Waals surface area contributed by atoms with Gasteiger partial charge < -0.3 is 77.9 Å². The standard InChI is InChI=1S/C28H56O13.C16H29N5O7/c1-3-30-6-7-32-10-11-34-14-15-36-18-19-38-22-23-40-26-27-41-25-24-39-21-20-37-17-16-35-13-12-33-9-8-31-5-4-28(2)29;17-13(22)9-18-1-3-19(10-14(23)24)5-7-21(12-16(27)28)8-6-20(4-2-18)11-15(25)26/h3-27H2,1-2H3;1-12H2,(H2,17,22)(H,23,24)(H,25,26)(H,27,28). The van der Waals surface area contributed by atoms with Crippen molar-refractivity contribution < 1.29 is 96.1 Å². The molecule has 0 aromatic carbocycles. The summed E-state index contributed by atoms with van der Waals surface area (Å²) in [5, 5.41) is 27.3. The smallest absolute Gasteiger partial charge is 0.317 e. The maximum atomic E-state index is 11.3. The van der Waals surface area contributed by atoms with Crippen LogP contribution in [0.2, 0.25) is 0 Å². The molecule has 1 rings (SSSR count). The number of nitrogens with zero attached hydrogens (tertiary/aromatic N) is 4. The number of nitrogens with two attached hydrogens (primary N) is 1. The molecule has 1 aliphatic heterocycles. The van der Waals surface area contributed by atoms with Crippen molar-refractivity contribution in [3.8, 4) is 0 Å². The molecule has 0 atom stereocenters. The molecule has 25 heteroatoms. The number of rotatable bonds is 45. The Balaban J connectivity index is 0.00000144. The van der Waals surface area contributed by atoms with Gasteiger partial charge in [-0.1, -0.05) is 0 Å². The molecule has 0 spiro atoms. The third-order valence-electron chi connectivity index (χ3n) is 9.28. The summed E-state index contributed by atoms with van der Waals surface area (Å²) < 4.78 is 64.7. The number of ketones is 1. The average Bonchev–Trinajstić information content (AvgIpc) is 3.29. The second-order valence-corrected chi connectivity index (χ2v) is 15.1. The topological polar surface area (TPSA) is 296 Å². The van der Waals surface area contributed by atoms with Crippen molar-refractivity contribution in [1.82, 2.24) is 19.6 Å². The van der Waals surface area contributed by atoms with Crippen LogP contribution >= 0.6 is 0 Å². The molecule has 69 heavy (non-hydrogen) atoms. The SMILES string of the molecule is CCOCCOCCOCCOCCOCCOCCOCCOCCOCCOCCOCCOCCC(C)=O.NC(=O)CN1CCN(CC(=O)O)CCN(CC(=O)O)CCN(CC(=O)O)CC1. The highest BCUT2D eigenvalue weighted by Crippen LogP contribution is 2.01. The van der Waals surface area contributed by atoms with Crippen LogP contribution < -0.4 is 5.73 Å². The first-order valence-corrected chi connectivity index (χ1v) is 23.7. The average molecular weight is 1000 g/mol. The molecule has 1 fully saturated rings. The van der Waals surface area contributed by atoms with Gasteiger partial charge in [0, 0.05) is 65.4 Å². The lowest BCUT2D eigenvalue weighted by Crippen LogP contribution is -2.49. The number of carbonyl (C=O) groups is 5. The molecule has 1 aliphatic rings. The van der Waals surface area contributed by atoms with Gasteiger partial charge in [-0.05, 0) is 13.8 Å². The van der Waals surface area contributed by atoms with Crippen molar-refractivity contribution in [2.24, 2.45) is 5.73 Å². The van der Waals surface area contributed by atoms with Gasteiger partial charge in [-0.15, -0.1) is 0 Å². The maximum Gasteiger partial charge on any atom is 0.317 e. The van der Waals surface area contributed by atoms with E-state index in [0.717, 1.165) is 0 Å². The minimum Gasteiger partial charge on any atom is -0.480 e. The zero-order valence-corrected chi connectivity index (χ0v) is 41.3. The largest absolute Gasteiger partial charge is 0.480 e. The van der Waals surface area contributed by atoms with Crippen LogP contribution in [0.3, 0.4) is 0 Å². The number of ether oxygens (including phenoxy) is 12. The molecule has 1 heterocycles. The molecule has 0 aliphatic carbocycles. The molecule has 0 unspecified atom stereocenters. The van der Waals surface area contributed by atoms with Crippen molar-refractivity contribution in [2.45, 2.75) is 20.3 Å². The fourth-order valence-electron chi connectivity index (χ4n) is 5.78. The highest BCUT2D eigenvalue weighted by molar-refractivity contribution is 5.76. The molecule has 0 aromatic heterocycles. The van der Waals surface area contributed by atoms with Crippen molar-refractivity contribution >= 4 is 29.6 Å². The van der Waals surface area contributed by atoms with Crippen LogP contribution in [0.5, 0.6) is 0 Å². The van der Waals surface area contributed by atoms with Gasteiger partial charge in [-0.3, -0.25) is 43.6 Å². The van der Waals surface area contributed by atoms with Crippen LogP contribution in [-0.4, -0.2) is 302 Å². The Morgan fingerprint density at radius 2 is 0.536 bits per heavy atom. The third-order valence-corrected chi connectivity index (χ3v) is 9.28. The Labute approximate surface area is 407 Å². The Morgan fingerprint density at radius 3 is 0.710 bits per heavy atom. The number of hydrogen-bond donors (Lipinski definition) is 4. The molecular formula is C44H85N5O20. The summed E-state index contributed by atoms with van der Waals surface area (Å²) in [6, 6.07) is 0. The van der Waals surface area contributed by atoms with Gasteiger partial charge in [0.25, 0.3) is 0 Å². The molecule has 25 nitrogen and oxygen atoms in total. The van der Waals surface area contributed by atoms with Gasteiger partial charge in [0.1, 0.15) is 5.78 Å². The number of carbonyl (C=O) groups excluding carboxylic acids is 2. The predicted molar refractivity (Wildman–Crippen MR) is 249 cm³/mol. The van der Waals surface area contributed by atoms with E-state index in [0.29, 0.717) is 217 Å². The summed E-state index contributed by atoms with van der Waals surface area (Å²) in [5.41, 5.74) is 5.28. The van der Waals surface area contributed by atoms with E-state index in [1.54, 1.807) is 26.5 Å². The fraction of sp³-hybridized carbons (Fsp3) is 0.886. The minimum atomic E-state index is -1.01. The van der Waals surface area contributed by atoms with E-state index in [2.05, 4.69) is 0 Å². The van der Waals surface area contributed by atoms with Crippen molar-refractivity contribution in [1.29, 1.82) is 0 Å². The maximum absolute atomic E-state index is 11.3. The van der Waals surface area contributed by atoms with Crippen LogP contribution in [-0.2, 0) is 80.8 Å². The van der Waals surface area contributed by atoms with Crippen LogP contribution in [0.4, 0.5) is 0 Å². The number of Topliss-reactive ketones (excluding diaryl/α,β-unsaturated/α-hetero) is 1. The first-order chi connectivity index (χ1) is 33.4. The number of primary amides is 1. The second-order valence-electron chi connectivity index (χ2n) is 15.1. The molecule has 0 saturated carbocycles. The first kappa shape index (κ1) is 65.9. The molecule has 1 saturated heterocycles. The summed E-state index contributed by atoms with van der Waals surface area (Å²) in [6.07, 6.45) is 0.444. The van der Waals surface area contributed by atoms with Gasteiger partial charge in [0.15, 0.2) is 0 Å². The Morgan fingerprint density at radius 1 is 0.348 bits per heavy atom. The van der Waals surface area contributed by atoms with E-state index >= 15 is 0 Å². The van der Waals surface area contributed by atoms with Crippen molar-refractivity contribution in [3.63, 3.8) is 0 Å². The lowest BCUT2D eigenvalue weighted by atomic mass is 10.3. The van der Waals surface area contributed by atoms with Crippen LogP contribution in [0.1, 0.15) is 20.3 Å². The molecule has 0 aromatic rings. The molecular weight excluding hydrogens is 918 g/mol. The van der Waals surface area contributed by atoms with E-state index in [1.165, 1.54) is 0 Å². The lowest BCUT2D eigenvalue weighted by Gasteiger charge is -2.32. The Hall–Kier alpha value is -3.09. The van der Waals surface area contributed by atoms with Gasteiger partial charge in [-0.25, -0.2) is 0 Å². The zero-order valence-electron chi connectivity index (χ0n) is 41.3. The molecule has 406 valence electrons. The number of amides is 1. The lowest BCUT2D eigenvalue weighted by molar-refractivity contribution is -0.140. The van der Waals surface area contributed by atoms with Gasteiger partial charge in [-0.2, -0.15) is 0 Å². The predicted octanol–water partition coefficient (Wildman–Crippen LogP) is -1.87. The number of carboxylic acids is 3. The van der Waals surface area contributed by atoms with E-state index in [9.17, 15) is 24.0 Å². The van der Waals surface area contributed by atoms with Crippen LogP contribution in [0.25, 0.3) is 0 Å². The van der Waals surface area contributed by atoms with Crippen LogP contribution in [0.15, 0.2) is 0 Å². The van der Waals surface area contributed by atoms with Crippen molar-refractivity contribution in [3.05, 3.63) is 0 Å². The van der Waals surface area contributed by atoms with Gasteiger partial charge in [0.05, 0.1) is 178 Å². The first-order valence-electron chi connectivity index (χ1n) is 23.7. The van der Waals surface area contributed by atoms with Crippen LogP contribution in [0, 0.1) is 0 Å². The van der Waals surface area contributed by atoms with E-state index in [1.807, 2.05) is 6.92 Å². The molecule has 1 amide bonds. The van der Waals surface area contributed by atoms with E-state index < -0.39 is 23.8 Å². The third kappa shape index (κ3) is 51.1. The summed E-state index contributed by atoms with van der Waals surface area (Å²) >= 11 is 0. The highest BCUT2D eigenvalue weighted by atomic mass is 16.6. The Kier molecular flexibility index (Phi) is 47.6. The van der Waals surface area contributed by atoms with Crippen molar-refractivity contribution in [2.75, 3.05) is 237 Å². The summed E-state index contributed by atoms with van der Waals surface area (Å²) in [6.45, 7) is 18.3. The fourth-order valence-corrected chi connectivity index (χ4v) is 5.78. The highest BCUT2D eigenvalue weighted by Gasteiger charge is 2.20. The van der Waals surface area contributed by atoms with E-state index in [4.69, 9.17) is 77.9 Å². The monoisotopic (exact) mass is 1000 g/mol. The quantitative estimate of drug-likeness (QED) is 0.0486. The minimum absolute atomic E-state index is 0.00698. The molecule has 0 radical (unpaired) electrons. The number of carboxylic acid groups (broad SMARTS) is 3. The molecule has 5 N–H and O–H groups in total. The normalized spacial score (nSPS) is 14.7. The zero-order chi connectivity index (χ0) is 50.8. The summed E-state index contributed by atoms with van der Waals surface area (Å²) in [4.78, 5) is 62.2. The number of aliphatic carboxylic acids is 3. The Bertz CT molecular complexity index is 1140. The second kappa shape index (κ2) is 49.9. The van der Waals surface area contributed by atoms with E-state index in [-0.39, 0.29) is 32.0 Å². The summed E-state index contributed by atoms with van der Waals surface area (Å²) in [7, 11) is 0. The van der Waals surface area contributed by atoms with Gasteiger partial charge >= 0.3 is 17.9 Å².